The number of likely N-dealkylation sites (tertiary alicyclic amines) is 1. The minimum absolute atomic E-state index is 0.0164. The molecule has 1 aliphatic heterocycles. The lowest BCUT2D eigenvalue weighted by molar-refractivity contribution is -0.897. The van der Waals surface area contributed by atoms with E-state index in [-0.39, 0.29) is 5.97 Å². The predicted molar refractivity (Wildman–Crippen MR) is 76.0 cm³/mol. The van der Waals surface area contributed by atoms with Crippen LogP contribution in [0.15, 0.2) is 0 Å². The highest BCUT2D eigenvalue weighted by atomic mass is 16.5. The topological polar surface area (TPSA) is 30.7 Å². The van der Waals surface area contributed by atoms with Gasteiger partial charge < -0.3 is 9.64 Å². The molecule has 1 aliphatic carbocycles. The SMILES string of the molecule is C[C@@H]1CC[C@H](COC(=O)C[NH+]2CCCCC2)[C@H](C)C1. The molecule has 0 aromatic rings. The first-order valence-electron chi connectivity index (χ1n) is 8.14. The number of carbonyl (C=O) groups is 1. The van der Waals surface area contributed by atoms with Crippen molar-refractivity contribution in [1.29, 1.82) is 0 Å². The zero-order valence-corrected chi connectivity index (χ0v) is 12.6. The van der Waals surface area contributed by atoms with E-state index in [0.29, 0.717) is 25.0 Å². The second-order valence-electron chi connectivity index (χ2n) is 6.83. The second kappa shape index (κ2) is 7.28. The van der Waals surface area contributed by atoms with Gasteiger partial charge in [0.15, 0.2) is 6.54 Å². The standard InChI is InChI=1S/C16H29NO2/c1-13-6-7-15(14(2)10-13)12-19-16(18)11-17-8-4-3-5-9-17/h13-15H,3-12H2,1-2H3/p+1/t13-,14-,15-/m1/s1. The average Bonchev–Trinajstić information content (AvgIpc) is 2.39. The van der Waals surface area contributed by atoms with Gasteiger partial charge in [-0.25, -0.2) is 4.79 Å². The van der Waals surface area contributed by atoms with Crippen LogP contribution in [0.25, 0.3) is 0 Å². The van der Waals surface area contributed by atoms with Gasteiger partial charge in [0, 0.05) is 0 Å². The van der Waals surface area contributed by atoms with Crippen LogP contribution in [0, 0.1) is 17.8 Å². The third-order valence-electron chi connectivity index (χ3n) is 5.02. The first-order valence-corrected chi connectivity index (χ1v) is 8.14. The Balaban J connectivity index is 1.65. The molecule has 3 atom stereocenters. The van der Waals surface area contributed by atoms with Gasteiger partial charge in [-0.2, -0.15) is 0 Å². The zero-order chi connectivity index (χ0) is 13.7. The van der Waals surface area contributed by atoms with Gasteiger partial charge in [-0.1, -0.05) is 20.3 Å². The number of quaternary nitrogens is 1. The van der Waals surface area contributed by atoms with Crippen molar-refractivity contribution in [2.24, 2.45) is 17.8 Å². The van der Waals surface area contributed by atoms with E-state index in [1.54, 1.807) is 0 Å². The van der Waals surface area contributed by atoms with Crippen molar-refractivity contribution in [3.63, 3.8) is 0 Å². The first kappa shape index (κ1) is 14.8. The molecule has 0 radical (unpaired) electrons. The highest BCUT2D eigenvalue weighted by Crippen LogP contribution is 2.33. The van der Waals surface area contributed by atoms with E-state index in [9.17, 15) is 4.79 Å². The molecule has 1 saturated heterocycles. The summed E-state index contributed by atoms with van der Waals surface area (Å²) in [6.45, 7) is 8.17. The maximum absolute atomic E-state index is 11.9. The third-order valence-corrected chi connectivity index (χ3v) is 5.02. The number of carbonyl (C=O) groups excluding carboxylic acids is 1. The molecule has 2 rings (SSSR count). The fraction of sp³-hybridized carbons (Fsp3) is 0.938. The van der Waals surface area contributed by atoms with Crippen molar-refractivity contribution in [3.8, 4) is 0 Å². The van der Waals surface area contributed by atoms with Crippen LogP contribution in [0.1, 0.15) is 52.4 Å². The fourth-order valence-electron chi connectivity index (χ4n) is 3.66. The molecule has 0 amide bonds. The Morgan fingerprint density at radius 1 is 1.16 bits per heavy atom. The minimum Gasteiger partial charge on any atom is -0.461 e. The molecule has 2 aliphatic rings. The molecule has 3 heteroatoms. The van der Waals surface area contributed by atoms with Gasteiger partial charge in [0.2, 0.25) is 0 Å². The van der Waals surface area contributed by atoms with Crippen molar-refractivity contribution >= 4 is 5.97 Å². The minimum atomic E-state index is 0.0164. The van der Waals surface area contributed by atoms with E-state index in [4.69, 9.17) is 4.74 Å². The first-order chi connectivity index (χ1) is 9.15. The van der Waals surface area contributed by atoms with Crippen molar-refractivity contribution in [3.05, 3.63) is 0 Å². The average molecular weight is 268 g/mol. The largest absolute Gasteiger partial charge is 0.461 e. The highest BCUT2D eigenvalue weighted by molar-refractivity contribution is 5.70. The summed E-state index contributed by atoms with van der Waals surface area (Å²) in [6.07, 6.45) is 7.67. The maximum atomic E-state index is 11.9. The molecule has 1 saturated carbocycles. The van der Waals surface area contributed by atoms with Gasteiger partial charge in [0.1, 0.15) is 0 Å². The number of hydrogen-bond donors (Lipinski definition) is 1. The van der Waals surface area contributed by atoms with Gasteiger partial charge >= 0.3 is 5.97 Å². The van der Waals surface area contributed by atoms with Crippen LogP contribution in [0.5, 0.6) is 0 Å². The molecular weight excluding hydrogens is 238 g/mol. The van der Waals surface area contributed by atoms with Gasteiger partial charge in [-0.15, -0.1) is 0 Å². The van der Waals surface area contributed by atoms with E-state index in [2.05, 4.69) is 13.8 Å². The van der Waals surface area contributed by atoms with Gasteiger partial charge in [-0.05, 0) is 49.9 Å². The molecule has 1 heterocycles. The number of hydrogen-bond acceptors (Lipinski definition) is 2. The van der Waals surface area contributed by atoms with E-state index in [1.165, 1.54) is 43.4 Å². The van der Waals surface area contributed by atoms with Crippen LogP contribution in [0.3, 0.4) is 0 Å². The van der Waals surface area contributed by atoms with Crippen LogP contribution in [0.2, 0.25) is 0 Å². The van der Waals surface area contributed by atoms with E-state index >= 15 is 0 Å². The molecule has 0 bridgehead atoms. The van der Waals surface area contributed by atoms with Crippen LogP contribution in [0.4, 0.5) is 0 Å². The quantitative estimate of drug-likeness (QED) is 0.786. The Morgan fingerprint density at radius 2 is 1.89 bits per heavy atom. The summed E-state index contributed by atoms with van der Waals surface area (Å²) < 4.78 is 5.53. The molecule has 0 spiro atoms. The zero-order valence-electron chi connectivity index (χ0n) is 12.6. The van der Waals surface area contributed by atoms with E-state index in [1.807, 2.05) is 0 Å². The normalized spacial score (nSPS) is 33.1. The molecule has 0 unspecified atom stereocenters. The summed E-state index contributed by atoms with van der Waals surface area (Å²) in [4.78, 5) is 13.3. The third kappa shape index (κ3) is 4.79. The molecule has 1 N–H and O–H groups in total. The lowest BCUT2D eigenvalue weighted by atomic mass is 9.76. The lowest BCUT2D eigenvalue weighted by Gasteiger charge is -2.32. The van der Waals surface area contributed by atoms with Crippen molar-refractivity contribution in [2.75, 3.05) is 26.2 Å². The summed E-state index contributed by atoms with van der Waals surface area (Å²) in [5.74, 6) is 2.16. The smallest absolute Gasteiger partial charge is 0.361 e. The Kier molecular flexibility index (Phi) is 5.68. The maximum Gasteiger partial charge on any atom is 0.361 e. The van der Waals surface area contributed by atoms with Gasteiger partial charge in [0.05, 0.1) is 19.7 Å². The van der Waals surface area contributed by atoms with Crippen LogP contribution >= 0.6 is 0 Å². The molecule has 19 heavy (non-hydrogen) atoms. The fourth-order valence-corrected chi connectivity index (χ4v) is 3.66. The second-order valence-corrected chi connectivity index (χ2v) is 6.83. The van der Waals surface area contributed by atoms with Gasteiger partial charge in [-0.3, -0.25) is 0 Å². The van der Waals surface area contributed by atoms with Gasteiger partial charge in [0.25, 0.3) is 0 Å². The van der Waals surface area contributed by atoms with Crippen molar-refractivity contribution in [1.82, 2.24) is 0 Å². The highest BCUT2D eigenvalue weighted by Gasteiger charge is 2.27. The Labute approximate surface area is 117 Å². The monoisotopic (exact) mass is 268 g/mol. The summed E-state index contributed by atoms with van der Waals surface area (Å²) in [5, 5.41) is 0. The number of esters is 1. The van der Waals surface area contributed by atoms with Crippen LogP contribution in [-0.4, -0.2) is 32.2 Å². The van der Waals surface area contributed by atoms with Crippen molar-refractivity contribution < 1.29 is 14.4 Å². The van der Waals surface area contributed by atoms with Crippen molar-refractivity contribution in [2.45, 2.75) is 52.4 Å². The Hall–Kier alpha value is -0.570. The van der Waals surface area contributed by atoms with Crippen LogP contribution in [-0.2, 0) is 9.53 Å². The molecule has 3 nitrogen and oxygen atoms in total. The molecule has 0 aromatic heterocycles. The number of nitrogens with one attached hydrogen (secondary N) is 1. The molecule has 0 aromatic carbocycles. The summed E-state index contributed by atoms with van der Waals surface area (Å²) in [5.41, 5.74) is 0. The Bertz CT molecular complexity index is 286. The molecule has 110 valence electrons. The summed E-state index contributed by atoms with van der Waals surface area (Å²) >= 11 is 0. The summed E-state index contributed by atoms with van der Waals surface area (Å²) in [7, 11) is 0. The predicted octanol–water partition coefficient (Wildman–Crippen LogP) is 1.67. The van der Waals surface area contributed by atoms with E-state index < -0.39 is 0 Å². The number of rotatable bonds is 4. The molecular formula is C16H30NO2+. The van der Waals surface area contributed by atoms with Crippen LogP contribution < -0.4 is 4.90 Å². The number of ether oxygens (including phenoxy) is 1. The van der Waals surface area contributed by atoms with E-state index in [0.717, 1.165) is 19.0 Å². The lowest BCUT2D eigenvalue weighted by Crippen LogP contribution is -3.13. The molecule has 2 fully saturated rings. The Morgan fingerprint density at radius 3 is 2.58 bits per heavy atom. The number of piperidine rings is 1. The summed E-state index contributed by atoms with van der Waals surface area (Å²) in [6, 6.07) is 0.